The van der Waals surface area contributed by atoms with Crippen molar-refractivity contribution in [2.24, 2.45) is 5.92 Å². The van der Waals surface area contributed by atoms with Crippen molar-refractivity contribution in [2.75, 3.05) is 19.7 Å². The number of aryl methyl sites for hydroxylation is 1. The largest absolute Gasteiger partial charge is 0.450 e. The highest BCUT2D eigenvalue weighted by Gasteiger charge is 2.25. The van der Waals surface area contributed by atoms with Gasteiger partial charge in [0.2, 0.25) is 5.76 Å². The molecule has 0 radical (unpaired) electrons. The average molecular weight is 391 g/mol. The van der Waals surface area contributed by atoms with Gasteiger partial charge in [0.05, 0.1) is 0 Å². The molecule has 150 valence electrons. The third kappa shape index (κ3) is 4.34. The van der Waals surface area contributed by atoms with Gasteiger partial charge in [0.1, 0.15) is 5.58 Å². The summed E-state index contributed by atoms with van der Waals surface area (Å²) in [4.78, 5) is 26.7. The molecule has 0 bridgehead atoms. The Morgan fingerprint density at radius 1 is 1.03 bits per heavy atom. The first-order chi connectivity index (χ1) is 14.1. The molecule has 1 aliphatic heterocycles. The predicted octanol–water partition coefficient (Wildman–Crippen LogP) is 4.38. The number of para-hydroxylation sites is 1. The number of hydrogen-bond donors (Lipinski definition) is 0. The van der Waals surface area contributed by atoms with Crippen molar-refractivity contribution in [1.82, 2.24) is 4.90 Å². The second kappa shape index (κ2) is 8.52. The van der Waals surface area contributed by atoms with Crippen molar-refractivity contribution in [3.63, 3.8) is 0 Å². The van der Waals surface area contributed by atoms with E-state index in [4.69, 9.17) is 9.15 Å². The number of likely N-dealkylation sites (tertiary alicyclic amines) is 1. The van der Waals surface area contributed by atoms with Gasteiger partial charge < -0.3 is 14.1 Å². The molecule has 1 saturated heterocycles. The minimum atomic E-state index is -0.592. The number of ether oxygens (including phenoxy) is 1. The van der Waals surface area contributed by atoms with E-state index in [1.165, 1.54) is 5.56 Å². The number of furan rings is 1. The maximum atomic E-state index is 12.5. The number of fused-ring (bicyclic) bond motifs is 1. The van der Waals surface area contributed by atoms with Crippen LogP contribution >= 0.6 is 0 Å². The van der Waals surface area contributed by atoms with E-state index >= 15 is 0 Å². The smallest absolute Gasteiger partial charge is 0.375 e. The summed E-state index contributed by atoms with van der Waals surface area (Å²) in [5, 5.41) is 0.881. The Balaban J connectivity index is 1.27. The number of esters is 1. The third-order valence-corrected chi connectivity index (χ3v) is 5.69. The van der Waals surface area contributed by atoms with Gasteiger partial charge >= 0.3 is 5.97 Å². The lowest BCUT2D eigenvalue weighted by Gasteiger charge is -2.32. The van der Waals surface area contributed by atoms with Crippen LogP contribution in [0.15, 0.2) is 59.0 Å². The van der Waals surface area contributed by atoms with Gasteiger partial charge in [-0.2, -0.15) is 0 Å². The normalized spacial score (nSPS) is 14.9. The summed E-state index contributed by atoms with van der Waals surface area (Å²) < 4.78 is 10.9. The van der Waals surface area contributed by atoms with E-state index < -0.39 is 5.97 Å². The topological polar surface area (TPSA) is 59.8 Å². The van der Waals surface area contributed by atoms with Crippen LogP contribution in [0.2, 0.25) is 0 Å². The van der Waals surface area contributed by atoms with Crippen molar-refractivity contribution in [3.05, 3.63) is 71.5 Å². The van der Waals surface area contributed by atoms with Crippen LogP contribution in [0.4, 0.5) is 0 Å². The highest BCUT2D eigenvalue weighted by molar-refractivity contribution is 5.96. The van der Waals surface area contributed by atoms with Crippen LogP contribution in [0.5, 0.6) is 0 Å². The van der Waals surface area contributed by atoms with Gasteiger partial charge in [-0.1, -0.05) is 48.5 Å². The van der Waals surface area contributed by atoms with Gasteiger partial charge in [-0.3, -0.25) is 4.79 Å². The molecule has 5 nitrogen and oxygen atoms in total. The maximum Gasteiger partial charge on any atom is 0.375 e. The van der Waals surface area contributed by atoms with Crippen LogP contribution in [-0.2, 0) is 16.0 Å². The first-order valence-corrected chi connectivity index (χ1v) is 10.1. The quantitative estimate of drug-likeness (QED) is 0.606. The molecule has 0 atom stereocenters. The molecular weight excluding hydrogens is 366 g/mol. The Kier molecular flexibility index (Phi) is 5.65. The molecule has 0 unspecified atom stereocenters. The van der Waals surface area contributed by atoms with E-state index in [0.29, 0.717) is 24.6 Å². The molecule has 2 aromatic carbocycles. The standard InChI is InChI=1S/C24H25NO4/c1-17-20-9-5-6-10-21(20)29-23(17)24(27)28-16-22(26)25-13-11-19(12-14-25)15-18-7-3-2-4-8-18/h2-10,19H,11-16H2,1H3. The average Bonchev–Trinajstić information content (AvgIpc) is 3.10. The zero-order valence-corrected chi connectivity index (χ0v) is 16.6. The molecule has 4 rings (SSSR count). The van der Waals surface area contributed by atoms with Gasteiger partial charge in [-0.15, -0.1) is 0 Å². The molecule has 5 heteroatoms. The van der Waals surface area contributed by atoms with Crippen molar-refractivity contribution in [2.45, 2.75) is 26.2 Å². The lowest BCUT2D eigenvalue weighted by Crippen LogP contribution is -2.41. The van der Waals surface area contributed by atoms with Crippen LogP contribution in [0.1, 0.15) is 34.5 Å². The number of hydrogen-bond acceptors (Lipinski definition) is 4. The molecule has 3 aromatic rings. The summed E-state index contributed by atoms with van der Waals surface area (Å²) in [6.45, 7) is 2.98. The van der Waals surface area contributed by atoms with Gasteiger partial charge in [0.25, 0.3) is 5.91 Å². The van der Waals surface area contributed by atoms with E-state index in [9.17, 15) is 9.59 Å². The van der Waals surface area contributed by atoms with E-state index in [0.717, 1.165) is 30.2 Å². The van der Waals surface area contributed by atoms with E-state index in [2.05, 4.69) is 24.3 Å². The molecule has 1 aromatic heterocycles. The lowest BCUT2D eigenvalue weighted by molar-refractivity contribution is -0.135. The second-order valence-electron chi connectivity index (χ2n) is 7.64. The van der Waals surface area contributed by atoms with Crippen LogP contribution in [-0.4, -0.2) is 36.5 Å². The number of benzene rings is 2. The highest BCUT2D eigenvalue weighted by Crippen LogP contribution is 2.26. The van der Waals surface area contributed by atoms with Crippen LogP contribution in [0, 0.1) is 12.8 Å². The Hall–Kier alpha value is -3.08. The summed E-state index contributed by atoms with van der Waals surface area (Å²) in [5.74, 6) is 0.0130. The Bertz CT molecular complexity index is 1000. The van der Waals surface area contributed by atoms with E-state index in [-0.39, 0.29) is 18.3 Å². The third-order valence-electron chi connectivity index (χ3n) is 5.69. The monoisotopic (exact) mass is 391 g/mol. The van der Waals surface area contributed by atoms with Crippen molar-refractivity contribution < 1.29 is 18.7 Å². The molecule has 29 heavy (non-hydrogen) atoms. The first kappa shape index (κ1) is 19.2. The zero-order valence-electron chi connectivity index (χ0n) is 16.6. The molecule has 0 saturated carbocycles. The van der Waals surface area contributed by atoms with Gasteiger partial charge in [-0.25, -0.2) is 4.79 Å². The van der Waals surface area contributed by atoms with Gasteiger partial charge in [0.15, 0.2) is 6.61 Å². The van der Waals surface area contributed by atoms with Crippen molar-refractivity contribution in [3.8, 4) is 0 Å². The van der Waals surface area contributed by atoms with Gasteiger partial charge in [0, 0.05) is 24.0 Å². The number of rotatable bonds is 5. The van der Waals surface area contributed by atoms with Crippen LogP contribution in [0.25, 0.3) is 11.0 Å². The Morgan fingerprint density at radius 2 is 1.72 bits per heavy atom. The molecule has 0 N–H and O–H groups in total. The minimum Gasteiger partial charge on any atom is -0.450 e. The maximum absolute atomic E-state index is 12.5. The molecule has 2 heterocycles. The highest BCUT2D eigenvalue weighted by atomic mass is 16.5. The molecular formula is C24H25NO4. The number of carbonyl (C=O) groups is 2. The summed E-state index contributed by atoms with van der Waals surface area (Å²) in [5.41, 5.74) is 2.72. The van der Waals surface area contributed by atoms with Crippen molar-refractivity contribution >= 4 is 22.8 Å². The zero-order chi connectivity index (χ0) is 20.2. The fourth-order valence-corrected chi connectivity index (χ4v) is 3.99. The Morgan fingerprint density at radius 3 is 2.45 bits per heavy atom. The SMILES string of the molecule is Cc1c(C(=O)OCC(=O)N2CCC(Cc3ccccc3)CC2)oc2ccccc12. The number of carbonyl (C=O) groups excluding carboxylic acids is 2. The summed E-state index contributed by atoms with van der Waals surface area (Å²) in [6.07, 6.45) is 2.98. The van der Waals surface area contributed by atoms with Crippen LogP contribution in [0.3, 0.4) is 0 Å². The minimum absolute atomic E-state index is 0.148. The van der Waals surface area contributed by atoms with E-state index in [1.807, 2.05) is 37.3 Å². The van der Waals surface area contributed by atoms with Gasteiger partial charge in [-0.05, 0) is 43.7 Å². The fraction of sp³-hybridized carbons (Fsp3) is 0.333. The van der Waals surface area contributed by atoms with Crippen LogP contribution < -0.4 is 0 Å². The molecule has 0 spiro atoms. The lowest BCUT2D eigenvalue weighted by atomic mass is 9.90. The van der Waals surface area contributed by atoms with E-state index in [1.54, 1.807) is 4.90 Å². The molecule has 1 aliphatic rings. The number of piperidine rings is 1. The molecule has 1 fully saturated rings. The number of amides is 1. The number of nitrogens with zero attached hydrogens (tertiary/aromatic N) is 1. The fourth-order valence-electron chi connectivity index (χ4n) is 3.99. The Labute approximate surface area is 170 Å². The van der Waals surface area contributed by atoms with Crippen molar-refractivity contribution in [1.29, 1.82) is 0 Å². The summed E-state index contributed by atoms with van der Waals surface area (Å²) >= 11 is 0. The predicted molar refractivity (Wildman–Crippen MR) is 111 cm³/mol. The summed E-state index contributed by atoms with van der Waals surface area (Å²) in [7, 11) is 0. The molecule has 0 aliphatic carbocycles. The first-order valence-electron chi connectivity index (χ1n) is 10.1. The molecule has 1 amide bonds. The summed E-state index contributed by atoms with van der Waals surface area (Å²) in [6, 6.07) is 17.9. The second-order valence-corrected chi connectivity index (χ2v) is 7.64.